The monoisotopic (exact) mass is 254 g/mol. The highest BCUT2D eigenvalue weighted by Gasteiger charge is 2.20. The van der Waals surface area contributed by atoms with E-state index >= 15 is 0 Å². The van der Waals surface area contributed by atoms with Gasteiger partial charge in [0.15, 0.2) is 0 Å². The van der Waals surface area contributed by atoms with E-state index in [2.05, 4.69) is 10.6 Å². The molecule has 0 bridgehead atoms. The fraction of sp³-hybridized carbons (Fsp3) is 0.933. The van der Waals surface area contributed by atoms with E-state index in [0.717, 1.165) is 32.4 Å². The number of carbonyl (C=O) groups is 1. The minimum atomic E-state index is 0.310. The molecule has 0 saturated heterocycles. The van der Waals surface area contributed by atoms with Gasteiger partial charge in [-0.25, -0.2) is 0 Å². The van der Waals surface area contributed by atoms with Crippen LogP contribution in [0.1, 0.15) is 64.2 Å². The standard InChI is InChI=1S/C15H30N2O/c1-16-12-8-3-2-4-9-13-17-15(18)14-10-6-5-7-11-14/h14,16H,2-13H2,1H3,(H,17,18). The Bertz CT molecular complexity index is 213. The van der Waals surface area contributed by atoms with Crippen molar-refractivity contribution in [1.29, 1.82) is 0 Å². The minimum Gasteiger partial charge on any atom is -0.356 e. The summed E-state index contributed by atoms with van der Waals surface area (Å²) < 4.78 is 0. The Balaban J connectivity index is 1.89. The molecule has 1 aliphatic rings. The second kappa shape index (κ2) is 10.4. The van der Waals surface area contributed by atoms with Gasteiger partial charge in [-0.05, 0) is 39.3 Å². The van der Waals surface area contributed by atoms with Crippen molar-refractivity contribution in [1.82, 2.24) is 10.6 Å². The summed E-state index contributed by atoms with van der Waals surface area (Å²) in [6.45, 7) is 2.00. The lowest BCUT2D eigenvalue weighted by Gasteiger charge is -2.20. The molecule has 0 heterocycles. The SMILES string of the molecule is CNCCCCCCCNC(=O)C1CCCCC1. The van der Waals surface area contributed by atoms with Gasteiger partial charge in [-0.1, -0.05) is 38.5 Å². The summed E-state index contributed by atoms with van der Waals surface area (Å²) in [5.74, 6) is 0.624. The average molecular weight is 254 g/mol. The molecule has 0 aromatic rings. The molecular formula is C15H30N2O. The summed E-state index contributed by atoms with van der Waals surface area (Å²) >= 11 is 0. The summed E-state index contributed by atoms with van der Waals surface area (Å²) in [5, 5.41) is 6.27. The molecule has 0 unspecified atom stereocenters. The van der Waals surface area contributed by atoms with Gasteiger partial charge < -0.3 is 10.6 Å². The molecule has 2 N–H and O–H groups in total. The largest absolute Gasteiger partial charge is 0.356 e. The maximum atomic E-state index is 11.9. The zero-order chi connectivity index (χ0) is 13.1. The molecule has 1 amide bonds. The minimum absolute atomic E-state index is 0.310. The van der Waals surface area contributed by atoms with Crippen molar-refractivity contribution in [3.05, 3.63) is 0 Å². The maximum Gasteiger partial charge on any atom is 0.223 e. The van der Waals surface area contributed by atoms with E-state index in [1.807, 2.05) is 7.05 Å². The highest BCUT2D eigenvalue weighted by molar-refractivity contribution is 5.78. The van der Waals surface area contributed by atoms with Crippen LogP contribution in [0.25, 0.3) is 0 Å². The highest BCUT2D eigenvalue weighted by atomic mass is 16.1. The Hall–Kier alpha value is -0.570. The quantitative estimate of drug-likeness (QED) is 0.621. The summed E-state index contributed by atoms with van der Waals surface area (Å²) in [7, 11) is 2.00. The van der Waals surface area contributed by atoms with E-state index in [1.165, 1.54) is 44.9 Å². The van der Waals surface area contributed by atoms with Crippen LogP contribution in [0.5, 0.6) is 0 Å². The Labute approximate surface area is 112 Å². The van der Waals surface area contributed by atoms with E-state index in [0.29, 0.717) is 11.8 Å². The number of hydrogen-bond donors (Lipinski definition) is 2. The number of carbonyl (C=O) groups excluding carboxylic acids is 1. The van der Waals surface area contributed by atoms with E-state index in [9.17, 15) is 4.79 Å². The van der Waals surface area contributed by atoms with Gasteiger partial charge in [0.05, 0.1) is 0 Å². The summed E-state index contributed by atoms with van der Waals surface area (Å²) in [6.07, 6.45) is 12.3. The molecular weight excluding hydrogens is 224 g/mol. The number of rotatable bonds is 9. The third-order valence-corrected chi connectivity index (χ3v) is 3.88. The van der Waals surface area contributed by atoms with Crippen LogP contribution < -0.4 is 10.6 Å². The first-order valence-electron chi connectivity index (χ1n) is 7.77. The van der Waals surface area contributed by atoms with Gasteiger partial charge in [0.1, 0.15) is 0 Å². The molecule has 1 rings (SSSR count). The summed E-state index contributed by atoms with van der Waals surface area (Å²) in [5.41, 5.74) is 0. The van der Waals surface area contributed by atoms with Crippen LogP contribution in [0, 0.1) is 5.92 Å². The second-order valence-corrected chi connectivity index (χ2v) is 5.50. The fourth-order valence-electron chi connectivity index (χ4n) is 2.68. The van der Waals surface area contributed by atoms with Crippen LogP contribution in [0.2, 0.25) is 0 Å². The zero-order valence-corrected chi connectivity index (χ0v) is 12.0. The molecule has 0 aromatic carbocycles. The van der Waals surface area contributed by atoms with Gasteiger partial charge in [-0.2, -0.15) is 0 Å². The van der Waals surface area contributed by atoms with Crippen molar-refractivity contribution in [2.75, 3.05) is 20.1 Å². The van der Waals surface area contributed by atoms with Crippen LogP contribution in [0.4, 0.5) is 0 Å². The number of nitrogens with one attached hydrogen (secondary N) is 2. The van der Waals surface area contributed by atoms with Gasteiger partial charge in [-0.15, -0.1) is 0 Å². The normalized spacial score (nSPS) is 16.7. The van der Waals surface area contributed by atoms with E-state index in [1.54, 1.807) is 0 Å². The fourth-order valence-corrected chi connectivity index (χ4v) is 2.68. The molecule has 3 heteroatoms. The Kier molecular flexibility index (Phi) is 8.92. The van der Waals surface area contributed by atoms with Gasteiger partial charge in [0.2, 0.25) is 5.91 Å². The number of unbranched alkanes of at least 4 members (excludes halogenated alkanes) is 4. The van der Waals surface area contributed by atoms with Gasteiger partial charge >= 0.3 is 0 Å². The third kappa shape index (κ3) is 7.00. The van der Waals surface area contributed by atoms with Crippen LogP contribution in [0.3, 0.4) is 0 Å². The Morgan fingerprint density at radius 2 is 1.56 bits per heavy atom. The molecule has 106 valence electrons. The number of amides is 1. The van der Waals surface area contributed by atoms with E-state index in [-0.39, 0.29) is 0 Å². The smallest absolute Gasteiger partial charge is 0.223 e. The molecule has 0 spiro atoms. The zero-order valence-electron chi connectivity index (χ0n) is 12.0. The van der Waals surface area contributed by atoms with Gasteiger partial charge in [-0.3, -0.25) is 4.79 Å². The predicted molar refractivity (Wildman–Crippen MR) is 76.6 cm³/mol. The molecule has 0 aliphatic heterocycles. The molecule has 0 atom stereocenters. The molecule has 1 aliphatic carbocycles. The molecule has 1 saturated carbocycles. The van der Waals surface area contributed by atoms with Crippen molar-refractivity contribution >= 4 is 5.91 Å². The summed E-state index contributed by atoms with van der Waals surface area (Å²) in [4.78, 5) is 11.9. The van der Waals surface area contributed by atoms with Crippen LogP contribution in [-0.4, -0.2) is 26.0 Å². The molecule has 1 fully saturated rings. The predicted octanol–water partition coefficient (Wildman–Crippen LogP) is 2.85. The topological polar surface area (TPSA) is 41.1 Å². The molecule has 18 heavy (non-hydrogen) atoms. The Morgan fingerprint density at radius 1 is 0.944 bits per heavy atom. The maximum absolute atomic E-state index is 11.9. The van der Waals surface area contributed by atoms with E-state index < -0.39 is 0 Å². The third-order valence-electron chi connectivity index (χ3n) is 3.88. The Morgan fingerprint density at radius 3 is 2.22 bits per heavy atom. The first-order chi connectivity index (χ1) is 8.84. The first kappa shape index (κ1) is 15.5. The van der Waals surface area contributed by atoms with Crippen molar-refractivity contribution in [3.8, 4) is 0 Å². The molecule has 0 aromatic heterocycles. The van der Waals surface area contributed by atoms with Crippen LogP contribution in [-0.2, 0) is 4.79 Å². The molecule has 3 nitrogen and oxygen atoms in total. The second-order valence-electron chi connectivity index (χ2n) is 5.50. The highest BCUT2D eigenvalue weighted by Crippen LogP contribution is 2.23. The average Bonchev–Trinajstić information content (AvgIpc) is 2.42. The summed E-state index contributed by atoms with van der Waals surface area (Å²) in [6, 6.07) is 0. The number of hydrogen-bond acceptors (Lipinski definition) is 2. The van der Waals surface area contributed by atoms with Crippen LogP contribution >= 0.6 is 0 Å². The molecule has 0 radical (unpaired) electrons. The lowest BCUT2D eigenvalue weighted by atomic mass is 9.89. The van der Waals surface area contributed by atoms with Crippen molar-refractivity contribution in [3.63, 3.8) is 0 Å². The lowest BCUT2D eigenvalue weighted by molar-refractivity contribution is -0.125. The van der Waals surface area contributed by atoms with Crippen molar-refractivity contribution < 1.29 is 4.79 Å². The van der Waals surface area contributed by atoms with Crippen molar-refractivity contribution in [2.24, 2.45) is 5.92 Å². The van der Waals surface area contributed by atoms with Crippen molar-refractivity contribution in [2.45, 2.75) is 64.2 Å². The van der Waals surface area contributed by atoms with Crippen LogP contribution in [0.15, 0.2) is 0 Å². The first-order valence-corrected chi connectivity index (χ1v) is 7.77. The van der Waals surface area contributed by atoms with E-state index in [4.69, 9.17) is 0 Å². The lowest BCUT2D eigenvalue weighted by Crippen LogP contribution is -2.32. The van der Waals surface area contributed by atoms with Gasteiger partial charge in [0.25, 0.3) is 0 Å². The van der Waals surface area contributed by atoms with Gasteiger partial charge in [0, 0.05) is 12.5 Å².